The summed E-state index contributed by atoms with van der Waals surface area (Å²) in [6.45, 7) is 17.6. The van der Waals surface area contributed by atoms with Crippen molar-refractivity contribution in [3.63, 3.8) is 0 Å². The van der Waals surface area contributed by atoms with Crippen LogP contribution in [0.3, 0.4) is 0 Å². The lowest BCUT2D eigenvalue weighted by Gasteiger charge is -2.40. The zero-order valence-corrected chi connectivity index (χ0v) is 15.2. The van der Waals surface area contributed by atoms with Crippen LogP contribution in [-0.4, -0.2) is 44.6 Å². The first-order chi connectivity index (χ1) is 9.64. The summed E-state index contributed by atoms with van der Waals surface area (Å²) in [5.74, 6) is 0. The predicted molar refractivity (Wildman–Crippen MR) is 88.9 cm³/mol. The third kappa shape index (κ3) is 4.20. The van der Waals surface area contributed by atoms with Crippen molar-refractivity contribution in [3.8, 4) is 0 Å². The lowest BCUT2D eigenvalue weighted by Crippen LogP contribution is -2.50. The van der Waals surface area contributed by atoms with Gasteiger partial charge in [0, 0.05) is 6.54 Å². The number of hydrogen-bond acceptors (Lipinski definition) is 3. The van der Waals surface area contributed by atoms with E-state index in [2.05, 4.69) is 40.4 Å². The van der Waals surface area contributed by atoms with Gasteiger partial charge in [0.05, 0.1) is 12.1 Å². The number of allylic oxidation sites excluding steroid dienone is 1. The van der Waals surface area contributed by atoms with E-state index in [0.29, 0.717) is 13.2 Å². The molecular weight excluding hydrogens is 282 g/mol. The van der Waals surface area contributed by atoms with Crippen LogP contribution in [0.1, 0.15) is 27.7 Å². The van der Waals surface area contributed by atoms with Crippen molar-refractivity contribution in [1.29, 1.82) is 0 Å². The number of carbonyl (C=O) groups excluding carboxylic acids is 1. The molecule has 21 heavy (non-hydrogen) atoms. The molecule has 0 aromatic rings. The monoisotopic (exact) mass is 311 g/mol. The molecular formula is C16H29NO3Si. The van der Waals surface area contributed by atoms with Crippen LogP contribution >= 0.6 is 0 Å². The largest absolute Gasteiger partial charge is 0.447 e. The Kier molecular flexibility index (Phi) is 5.81. The zero-order valence-electron chi connectivity index (χ0n) is 14.2. The van der Waals surface area contributed by atoms with E-state index in [9.17, 15) is 4.79 Å². The summed E-state index contributed by atoms with van der Waals surface area (Å²) < 4.78 is 11.7. The fourth-order valence-corrected chi connectivity index (χ4v) is 3.31. The molecule has 1 heterocycles. The van der Waals surface area contributed by atoms with Crippen LogP contribution < -0.4 is 0 Å². The van der Waals surface area contributed by atoms with Gasteiger partial charge in [-0.05, 0) is 25.1 Å². The quantitative estimate of drug-likeness (QED) is 0.550. The highest BCUT2D eigenvalue weighted by molar-refractivity contribution is 6.74. The van der Waals surface area contributed by atoms with E-state index in [-0.39, 0.29) is 23.3 Å². The Morgan fingerprint density at radius 2 is 2.14 bits per heavy atom. The van der Waals surface area contributed by atoms with Crippen LogP contribution in [0.5, 0.6) is 0 Å². The first kappa shape index (κ1) is 18.0. The van der Waals surface area contributed by atoms with E-state index < -0.39 is 8.32 Å². The molecule has 1 aliphatic heterocycles. The molecule has 2 atom stereocenters. The average molecular weight is 311 g/mol. The van der Waals surface area contributed by atoms with E-state index in [1.807, 2.05) is 19.1 Å². The highest BCUT2D eigenvalue weighted by Gasteiger charge is 2.44. The minimum Gasteiger partial charge on any atom is -0.447 e. The molecule has 0 aromatic carbocycles. The molecule has 1 fully saturated rings. The van der Waals surface area contributed by atoms with Gasteiger partial charge in [0.15, 0.2) is 8.32 Å². The maximum Gasteiger partial charge on any atom is 0.410 e. The number of rotatable bonds is 6. The van der Waals surface area contributed by atoms with Crippen LogP contribution in [0.2, 0.25) is 18.1 Å². The summed E-state index contributed by atoms with van der Waals surface area (Å²) >= 11 is 0. The Labute approximate surface area is 129 Å². The van der Waals surface area contributed by atoms with Crippen molar-refractivity contribution in [2.75, 3.05) is 13.2 Å². The summed E-state index contributed by atoms with van der Waals surface area (Å²) in [5, 5.41) is 0.125. The van der Waals surface area contributed by atoms with Crippen LogP contribution in [0.15, 0.2) is 24.8 Å². The Morgan fingerprint density at radius 3 is 2.62 bits per heavy atom. The molecule has 0 bridgehead atoms. The first-order valence-corrected chi connectivity index (χ1v) is 10.4. The minimum absolute atomic E-state index is 0.0826. The Hall–Kier alpha value is -1.07. The second kappa shape index (κ2) is 6.79. The molecule has 1 amide bonds. The van der Waals surface area contributed by atoms with Crippen molar-refractivity contribution < 1.29 is 14.0 Å². The molecule has 120 valence electrons. The zero-order chi connectivity index (χ0) is 16.3. The van der Waals surface area contributed by atoms with Crippen molar-refractivity contribution in [1.82, 2.24) is 4.90 Å². The van der Waals surface area contributed by atoms with Crippen molar-refractivity contribution in [2.45, 2.75) is 58.0 Å². The van der Waals surface area contributed by atoms with Gasteiger partial charge in [-0.3, -0.25) is 4.90 Å². The topological polar surface area (TPSA) is 38.8 Å². The Balaban J connectivity index is 2.96. The predicted octanol–water partition coefficient (Wildman–Crippen LogP) is 3.96. The Bertz CT molecular complexity index is 412. The van der Waals surface area contributed by atoms with E-state index in [1.165, 1.54) is 0 Å². The second-order valence-electron chi connectivity index (χ2n) is 6.95. The molecule has 1 saturated heterocycles. The maximum absolute atomic E-state index is 11.8. The van der Waals surface area contributed by atoms with Crippen LogP contribution in [0.25, 0.3) is 0 Å². The highest BCUT2D eigenvalue weighted by Crippen LogP contribution is 2.38. The number of cyclic esters (lactones) is 1. The van der Waals surface area contributed by atoms with Gasteiger partial charge in [0.1, 0.15) is 6.61 Å². The Morgan fingerprint density at radius 1 is 1.52 bits per heavy atom. The number of ether oxygens (including phenoxy) is 1. The fraction of sp³-hybridized carbons (Fsp3) is 0.688. The van der Waals surface area contributed by atoms with Crippen LogP contribution in [-0.2, 0) is 9.16 Å². The minimum atomic E-state index is -1.92. The van der Waals surface area contributed by atoms with Crippen LogP contribution in [0.4, 0.5) is 4.79 Å². The molecule has 1 aliphatic rings. The lowest BCUT2D eigenvalue weighted by molar-refractivity contribution is 0.133. The molecule has 0 saturated carbocycles. The third-order valence-corrected chi connectivity index (χ3v) is 8.81. The second-order valence-corrected chi connectivity index (χ2v) is 11.7. The van der Waals surface area contributed by atoms with E-state index in [0.717, 1.165) is 0 Å². The highest BCUT2D eigenvalue weighted by atomic mass is 28.4. The SMILES string of the molecule is C=CCN1C(=O)OC[C@H]1[C@H](/C=C/C)O[Si](C)(C)C(C)(C)C. The van der Waals surface area contributed by atoms with Gasteiger partial charge in [-0.2, -0.15) is 0 Å². The van der Waals surface area contributed by atoms with Gasteiger partial charge in [-0.25, -0.2) is 4.79 Å². The molecule has 0 spiro atoms. The summed E-state index contributed by atoms with van der Waals surface area (Å²) in [6.07, 6.45) is 5.31. The summed E-state index contributed by atoms with van der Waals surface area (Å²) in [6, 6.07) is -0.0826. The molecule has 5 heteroatoms. The number of carbonyl (C=O) groups is 1. The summed E-state index contributed by atoms with van der Waals surface area (Å²) in [4.78, 5) is 13.5. The van der Waals surface area contributed by atoms with Crippen molar-refractivity contribution in [3.05, 3.63) is 24.8 Å². The number of amides is 1. The smallest absolute Gasteiger partial charge is 0.410 e. The average Bonchev–Trinajstić information content (AvgIpc) is 2.70. The summed E-state index contributed by atoms with van der Waals surface area (Å²) in [7, 11) is -1.92. The normalized spacial score (nSPS) is 21.7. The van der Waals surface area contributed by atoms with Crippen molar-refractivity contribution in [2.24, 2.45) is 0 Å². The third-order valence-electron chi connectivity index (χ3n) is 4.34. The van der Waals surface area contributed by atoms with E-state index in [4.69, 9.17) is 9.16 Å². The number of hydrogen-bond donors (Lipinski definition) is 0. The van der Waals surface area contributed by atoms with Gasteiger partial charge in [-0.1, -0.05) is 39.0 Å². The number of nitrogens with zero attached hydrogens (tertiary/aromatic N) is 1. The van der Waals surface area contributed by atoms with Gasteiger partial charge in [0.2, 0.25) is 0 Å². The standard InChI is InChI=1S/C16H29NO3Si/c1-8-10-14(20-21(6,7)16(3,4)5)13-12-19-15(18)17(13)11-9-2/h8-10,13-14H,2,11-12H2,1,3-7H3/b10-8+/t13-,14-/m0/s1. The molecule has 1 rings (SSSR count). The van der Waals surface area contributed by atoms with Gasteiger partial charge in [-0.15, -0.1) is 6.58 Å². The molecule has 0 aliphatic carbocycles. The van der Waals surface area contributed by atoms with E-state index >= 15 is 0 Å². The van der Waals surface area contributed by atoms with Crippen molar-refractivity contribution >= 4 is 14.4 Å². The van der Waals surface area contributed by atoms with Gasteiger partial charge < -0.3 is 9.16 Å². The van der Waals surface area contributed by atoms with Crippen LogP contribution in [0, 0.1) is 0 Å². The van der Waals surface area contributed by atoms with E-state index in [1.54, 1.807) is 11.0 Å². The lowest BCUT2D eigenvalue weighted by atomic mass is 10.1. The molecule has 4 nitrogen and oxygen atoms in total. The summed E-state index contributed by atoms with van der Waals surface area (Å²) in [5.41, 5.74) is 0. The molecule has 0 aromatic heterocycles. The van der Waals surface area contributed by atoms with Gasteiger partial charge >= 0.3 is 6.09 Å². The molecule has 0 N–H and O–H groups in total. The fourth-order valence-electron chi connectivity index (χ4n) is 2.04. The molecule has 0 unspecified atom stereocenters. The van der Waals surface area contributed by atoms with Gasteiger partial charge in [0.25, 0.3) is 0 Å². The molecule has 0 radical (unpaired) electrons. The maximum atomic E-state index is 11.8. The first-order valence-electron chi connectivity index (χ1n) is 7.49.